The van der Waals surface area contributed by atoms with Crippen molar-refractivity contribution in [2.75, 3.05) is 0 Å². The summed E-state index contributed by atoms with van der Waals surface area (Å²) >= 11 is 0. The number of carbonyl (C=O) groups excluding carboxylic acids is 3. The van der Waals surface area contributed by atoms with Crippen molar-refractivity contribution in [1.82, 2.24) is 15.5 Å². The van der Waals surface area contributed by atoms with Gasteiger partial charge < -0.3 is 15.5 Å². The lowest BCUT2D eigenvalue weighted by Gasteiger charge is -2.30. The van der Waals surface area contributed by atoms with Gasteiger partial charge in [0, 0.05) is 29.9 Å². The molecule has 0 radical (unpaired) electrons. The third-order valence-corrected chi connectivity index (χ3v) is 6.01. The molecule has 4 rings (SSSR count). The highest BCUT2D eigenvalue weighted by atomic mass is 19.4. The van der Waals surface area contributed by atoms with Crippen LogP contribution in [0.5, 0.6) is 0 Å². The number of allylic oxidation sites excluding steroid dienone is 1. The summed E-state index contributed by atoms with van der Waals surface area (Å²) in [6.07, 6.45) is -4.11. The van der Waals surface area contributed by atoms with Gasteiger partial charge in [0.2, 0.25) is 5.91 Å². The summed E-state index contributed by atoms with van der Waals surface area (Å²) < 4.78 is 68.7. The Labute approximate surface area is 196 Å². The molecule has 0 saturated carbocycles. The Bertz CT molecular complexity index is 1230. The number of fused-ring (bicyclic) bond motifs is 1. The smallest absolute Gasteiger partial charge is 0.346 e. The Morgan fingerprint density at radius 3 is 2.43 bits per heavy atom. The highest BCUT2D eigenvalue weighted by Gasteiger charge is 2.47. The molecule has 3 amide bonds. The molecule has 2 heterocycles. The van der Waals surface area contributed by atoms with Crippen molar-refractivity contribution in [2.24, 2.45) is 0 Å². The lowest BCUT2D eigenvalue weighted by atomic mass is 10.00. The predicted octanol–water partition coefficient (Wildman–Crippen LogP) is 3.86. The topological polar surface area (TPSA) is 78.5 Å². The summed E-state index contributed by atoms with van der Waals surface area (Å²) in [4.78, 5) is 38.6. The van der Waals surface area contributed by atoms with E-state index in [1.807, 2.05) is 5.32 Å². The highest BCUT2D eigenvalue weighted by molar-refractivity contribution is 6.01. The second-order valence-corrected chi connectivity index (χ2v) is 8.37. The summed E-state index contributed by atoms with van der Waals surface area (Å²) in [6, 6.07) is 6.79. The van der Waals surface area contributed by atoms with Gasteiger partial charge in [0.05, 0.1) is 5.56 Å². The maximum atomic E-state index is 14.6. The van der Waals surface area contributed by atoms with Crippen LogP contribution in [0.4, 0.5) is 22.0 Å². The number of piperidine rings is 1. The summed E-state index contributed by atoms with van der Waals surface area (Å²) in [5, 5.41) is 4.60. The van der Waals surface area contributed by atoms with Crippen molar-refractivity contribution in [3.63, 3.8) is 0 Å². The van der Waals surface area contributed by atoms with Crippen LogP contribution in [0.25, 0.3) is 0 Å². The van der Waals surface area contributed by atoms with E-state index in [-0.39, 0.29) is 18.4 Å². The lowest BCUT2D eigenvalue weighted by molar-refractivity contribution is -0.153. The highest BCUT2D eigenvalue weighted by Crippen LogP contribution is 2.39. The zero-order chi connectivity index (χ0) is 25.5. The first-order valence-electron chi connectivity index (χ1n) is 10.6. The van der Waals surface area contributed by atoms with Crippen LogP contribution in [0.2, 0.25) is 0 Å². The standard InChI is InChI=1S/C24H20F5N3O3/c1-13-6-9-19(20(33)31-13)32-12-15-10-14(7-8-16(15)21(32)34)11-30-22(35)23(25,26)17-4-2-3-5-18(17)24(27,28)29/h2-5,7-8,10,19H,1,6,9,11-12H2,(H,30,35)(H,31,33). The fourth-order valence-corrected chi connectivity index (χ4v) is 4.24. The average molecular weight is 493 g/mol. The van der Waals surface area contributed by atoms with Crippen molar-refractivity contribution >= 4 is 17.7 Å². The van der Waals surface area contributed by atoms with E-state index in [1.165, 1.54) is 23.1 Å². The number of hydrogen-bond donors (Lipinski definition) is 2. The van der Waals surface area contributed by atoms with Gasteiger partial charge in [-0.15, -0.1) is 0 Å². The van der Waals surface area contributed by atoms with Crippen LogP contribution in [0.1, 0.15) is 45.5 Å². The molecule has 1 unspecified atom stereocenters. The van der Waals surface area contributed by atoms with Crippen LogP contribution in [0.3, 0.4) is 0 Å². The molecule has 2 aromatic carbocycles. The summed E-state index contributed by atoms with van der Waals surface area (Å²) in [7, 11) is 0. The van der Waals surface area contributed by atoms with Gasteiger partial charge in [-0.2, -0.15) is 22.0 Å². The molecule has 1 atom stereocenters. The molecule has 2 N–H and O–H groups in total. The fraction of sp³-hybridized carbons (Fsp3) is 0.292. The molecule has 2 aliphatic heterocycles. The number of benzene rings is 2. The molecule has 0 aromatic heterocycles. The molecule has 2 aliphatic rings. The van der Waals surface area contributed by atoms with Crippen LogP contribution in [0.15, 0.2) is 54.7 Å². The van der Waals surface area contributed by atoms with E-state index in [4.69, 9.17) is 0 Å². The van der Waals surface area contributed by atoms with Crippen LogP contribution < -0.4 is 10.6 Å². The van der Waals surface area contributed by atoms with Gasteiger partial charge in [-0.25, -0.2) is 0 Å². The Kier molecular flexibility index (Phi) is 6.12. The van der Waals surface area contributed by atoms with Crippen LogP contribution in [-0.4, -0.2) is 28.7 Å². The van der Waals surface area contributed by atoms with Crippen LogP contribution >= 0.6 is 0 Å². The number of alkyl halides is 5. The number of nitrogens with zero attached hydrogens (tertiary/aromatic N) is 1. The lowest BCUT2D eigenvalue weighted by Crippen LogP contribution is -2.49. The third-order valence-electron chi connectivity index (χ3n) is 6.01. The zero-order valence-corrected chi connectivity index (χ0v) is 18.2. The number of hydrogen-bond acceptors (Lipinski definition) is 3. The normalized spacial score (nSPS) is 18.4. The minimum absolute atomic E-state index is 0.121. The summed E-state index contributed by atoms with van der Waals surface area (Å²) in [6.45, 7) is 3.43. The first-order chi connectivity index (χ1) is 16.4. The molecule has 1 saturated heterocycles. The van der Waals surface area contributed by atoms with E-state index in [2.05, 4.69) is 11.9 Å². The summed E-state index contributed by atoms with van der Waals surface area (Å²) in [5.74, 6) is -6.99. The van der Waals surface area contributed by atoms with Gasteiger partial charge in [-0.05, 0) is 36.1 Å². The fourth-order valence-electron chi connectivity index (χ4n) is 4.24. The first-order valence-corrected chi connectivity index (χ1v) is 10.6. The van der Waals surface area contributed by atoms with Gasteiger partial charge in [-0.1, -0.05) is 36.9 Å². The average Bonchev–Trinajstić information content (AvgIpc) is 3.12. The number of nitrogens with one attached hydrogen (secondary N) is 2. The molecule has 35 heavy (non-hydrogen) atoms. The summed E-state index contributed by atoms with van der Waals surface area (Å²) in [5.41, 5.74) is -1.19. The number of halogens is 5. The van der Waals surface area contributed by atoms with Gasteiger partial charge >= 0.3 is 12.1 Å². The van der Waals surface area contributed by atoms with Crippen molar-refractivity contribution in [3.8, 4) is 0 Å². The zero-order valence-electron chi connectivity index (χ0n) is 18.2. The monoisotopic (exact) mass is 493 g/mol. The quantitative estimate of drug-likeness (QED) is 0.621. The van der Waals surface area contributed by atoms with Crippen molar-refractivity contribution < 1.29 is 36.3 Å². The second-order valence-electron chi connectivity index (χ2n) is 8.37. The predicted molar refractivity (Wildman–Crippen MR) is 114 cm³/mol. The van der Waals surface area contributed by atoms with Gasteiger partial charge in [0.15, 0.2) is 0 Å². The molecule has 11 heteroatoms. The largest absolute Gasteiger partial charge is 0.416 e. The molecule has 184 valence electrons. The number of rotatable bonds is 5. The molecule has 6 nitrogen and oxygen atoms in total. The SMILES string of the molecule is C=C1CCC(N2Cc3cc(CNC(=O)C(F)(F)c4ccccc4C(F)(F)F)ccc3C2=O)C(=O)N1. The van der Waals surface area contributed by atoms with Gasteiger partial charge in [0.1, 0.15) is 6.04 Å². The maximum Gasteiger partial charge on any atom is 0.416 e. The molecular weight excluding hydrogens is 473 g/mol. The number of carbonyl (C=O) groups is 3. The minimum atomic E-state index is -5.05. The van der Waals surface area contributed by atoms with E-state index in [1.54, 1.807) is 0 Å². The Balaban J connectivity index is 1.46. The van der Waals surface area contributed by atoms with Gasteiger partial charge in [-0.3, -0.25) is 14.4 Å². The van der Waals surface area contributed by atoms with E-state index in [0.29, 0.717) is 47.4 Å². The molecule has 0 aliphatic carbocycles. The van der Waals surface area contributed by atoms with E-state index >= 15 is 0 Å². The van der Waals surface area contributed by atoms with Gasteiger partial charge in [0.25, 0.3) is 11.8 Å². The maximum absolute atomic E-state index is 14.6. The van der Waals surface area contributed by atoms with Crippen molar-refractivity contribution in [3.05, 3.63) is 82.6 Å². The molecular formula is C24H20F5N3O3. The van der Waals surface area contributed by atoms with Crippen molar-refractivity contribution in [1.29, 1.82) is 0 Å². The van der Waals surface area contributed by atoms with Crippen LogP contribution in [-0.2, 0) is 34.8 Å². The number of amides is 3. The Morgan fingerprint density at radius 1 is 1.09 bits per heavy atom. The molecule has 2 aromatic rings. The van der Waals surface area contributed by atoms with Crippen molar-refractivity contribution in [2.45, 2.75) is 44.1 Å². The third kappa shape index (κ3) is 4.62. The molecule has 0 bridgehead atoms. The molecule has 0 spiro atoms. The Morgan fingerprint density at radius 2 is 1.77 bits per heavy atom. The van der Waals surface area contributed by atoms with Crippen LogP contribution in [0, 0.1) is 0 Å². The van der Waals surface area contributed by atoms with E-state index < -0.39 is 41.7 Å². The minimum Gasteiger partial charge on any atom is -0.346 e. The second kappa shape index (κ2) is 8.79. The molecule has 1 fully saturated rings. The first kappa shape index (κ1) is 24.4. The van der Waals surface area contributed by atoms with E-state index in [9.17, 15) is 36.3 Å². The Hall–Kier alpha value is -3.76. The van der Waals surface area contributed by atoms with E-state index in [0.717, 1.165) is 12.1 Å².